The van der Waals surface area contributed by atoms with Crippen molar-refractivity contribution in [3.05, 3.63) is 78.6 Å². The van der Waals surface area contributed by atoms with E-state index < -0.39 is 15.6 Å². The van der Waals surface area contributed by atoms with Crippen LogP contribution in [0.15, 0.2) is 78.0 Å². The first kappa shape index (κ1) is 27.4. The first-order valence-corrected chi connectivity index (χ1v) is 15.0. The molecule has 0 bridgehead atoms. The number of benzene rings is 2. The summed E-state index contributed by atoms with van der Waals surface area (Å²) in [7, 11) is -0.732. The third-order valence-corrected chi connectivity index (χ3v) is 10.1. The van der Waals surface area contributed by atoms with Crippen LogP contribution >= 0.6 is 0 Å². The fraction of sp³-hybridized carbons (Fsp3) is 0.433. The number of hydrogen-bond acceptors (Lipinski definition) is 7. The van der Waals surface area contributed by atoms with Crippen molar-refractivity contribution >= 4 is 15.7 Å². The minimum atomic E-state index is -3.87. The molecule has 1 N–H and O–H groups in total. The topological polar surface area (TPSA) is 92.2 Å². The van der Waals surface area contributed by atoms with E-state index in [2.05, 4.69) is 9.88 Å². The normalized spacial score (nSPS) is 22.8. The van der Waals surface area contributed by atoms with Gasteiger partial charge in [0.05, 0.1) is 24.8 Å². The summed E-state index contributed by atoms with van der Waals surface area (Å²) < 4.78 is 40.4. The van der Waals surface area contributed by atoms with Crippen LogP contribution in [0.1, 0.15) is 44.1 Å². The molecular weight excluding hydrogens is 514 g/mol. The quantitative estimate of drug-likeness (QED) is 0.438. The van der Waals surface area contributed by atoms with Crippen LogP contribution in [0.3, 0.4) is 0 Å². The number of nitrogens with zero attached hydrogens (tertiary/aromatic N) is 3. The van der Waals surface area contributed by atoms with Crippen LogP contribution in [0, 0.1) is 0 Å². The molecule has 2 atom stereocenters. The van der Waals surface area contributed by atoms with Crippen LogP contribution in [-0.2, 0) is 15.6 Å². The molecule has 39 heavy (non-hydrogen) atoms. The number of ether oxygens (including phenoxy) is 2. The lowest BCUT2D eigenvalue weighted by Gasteiger charge is -2.49. The number of sulfonamides is 1. The molecule has 1 aliphatic carbocycles. The van der Waals surface area contributed by atoms with Gasteiger partial charge in [0.1, 0.15) is 17.1 Å². The SMILES string of the molecule is COc1ccc(S(=O)(=O)N(c2cccc(OC)c2)C2CCN([C@@H]3CCCC[C@]3(O)c3cccnc3)CC2)cc1. The van der Waals surface area contributed by atoms with Crippen molar-refractivity contribution in [2.24, 2.45) is 0 Å². The van der Waals surface area contributed by atoms with Gasteiger partial charge < -0.3 is 14.6 Å². The molecule has 2 heterocycles. The highest BCUT2D eigenvalue weighted by Gasteiger charge is 2.45. The van der Waals surface area contributed by atoms with Crippen LogP contribution < -0.4 is 13.8 Å². The van der Waals surface area contributed by atoms with Gasteiger partial charge in [-0.05, 0) is 68.1 Å². The Bertz CT molecular complexity index is 1340. The summed E-state index contributed by atoms with van der Waals surface area (Å²) in [4.78, 5) is 6.83. The Balaban J connectivity index is 1.42. The van der Waals surface area contributed by atoms with Crippen molar-refractivity contribution in [2.75, 3.05) is 31.6 Å². The van der Waals surface area contributed by atoms with Gasteiger partial charge in [0.2, 0.25) is 0 Å². The van der Waals surface area contributed by atoms with Gasteiger partial charge in [-0.3, -0.25) is 14.2 Å². The van der Waals surface area contributed by atoms with Gasteiger partial charge in [-0.15, -0.1) is 0 Å². The summed E-state index contributed by atoms with van der Waals surface area (Å²) in [5.41, 5.74) is 0.478. The van der Waals surface area contributed by atoms with Gasteiger partial charge in [-0.2, -0.15) is 0 Å². The Morgan fingerprint density at radius 1 is 0.949 bits per heavy atom. The molecule has 5 rings (SSSR count). The summed E-state index contributed by atoms with van der Waals surface area (Å²) in [6.07, 6.45) is 8.43. The molecular formula is C30H37N3O5S. The van der Waals surface area contributed by atoms with E-state index in [-0.39, 0.29) is 17.0 Å². The molecule has 208 valence electrons. The van der Waals surface area contributed by atoms with E-state index in [1.54, 1.807) is 61.3 Å². The monoisotopic (exact) mass is 551 g/mol. The second-order valence-electron chi connectivity index (χ2n) is 10.4. The van der Waals surface area contributed by atoms with Crippen molar-refractivity contribution in [1.29, 1.82) is 0 Å². The number of piperidine rings is 1. The predicted octanol–water partition coefficient (Wildman–Crippen LogP) is 4.59. The van der Waals surface area contributed by atoms with Crippen LogP contribution in [-0.4, -0.2) is 62.8 Å². The maximum atomic E-state index is 14.1. The molecule has 0 unspecified atom stereocenters. The summed E-state index contributed by atoms with van der Waals surface area (Å²) in [6, 6.07) is 17.3. The van der Waals surface area contributed by atoms with Gasteiger partial charge >= 0.3 is 0 Å². The lowest BCUT2D eigenvalue weighted by molar-refractivity contribution is -0.0851. The molecule has 2 fully saturated rings. The Labute approximate surface area is 231 Å². The minimum absolute atomic E-state index is 0.0279. The van der Waals surface area contributed by atoms with Crippen LogP contribution in [0.2, 0.25) is 0 Å². The van der Waals surface area contributed by atoms with Crippen molar-refractivity contribution in [2.45, 2.75) is 61.1 Å². The second kappa shape index (κ2) is 11.5. The van der Waals surface area contributed by atoms with E-state index in [1.165, 1.54) is 0 Å². The lowest BCUT2D eigenvalue weighted by Crippen LogP contribution is -2.57. The maximum absolute atomic E-state index is 14.1. The van der Waals surface area contributed by atoms with Crippen molar-refractivity contribution in [1.82, 2.24) is 9.88 Å². The number of aromatic nitrogens is 1. The molecule has 0 amide bonds. The molecule has 1 aromatic heterocycles. The number of aliphatic hydroxyl groups is 1. The number of rotatable bonds is 8. The summed E-state index contributed by atoms with van der Waals surface area (Å²) in [5.74, 6) is 1.20. The fourth-order valence-electron chi connectivity index (χ4n) is 6.16. The Morgan fingerprint density at radius 2 is 1.69 bits per heavy atom. The van der Waals surface area contributed by atoms with Gasteiger partial charge in [-0.1, -0.05) is 25.0 Å². The first-order chi connectivity index (χ1) is 18.9. The van der Waals surface area contributed by atoms with E-state index in [0.717, 1.165) is 24.8 Å². The summed E-state index contributed by atoms with van der Waals surface area (Å²) >= 11 is 0. The molecule has 2 aromatic carbocycles. The Morgan fingerprint density at radius 3 is 2.36 bits per heavy atom. The number of likely N-dealkylation sites (tertiary alicyclic amines) is 1. The van der Waals surface area contributed by atoms with Gasteiger partial charge in [0.25, 0.3) is 10.0 Å². The fourth-order valence-corrected chi connectivity index (χ4v) is 7.87. The highest BCUT2D eigenvalue weighted by Crippen LogP contribution is 2.41. The Hall–Kier alpha value is -3.14. The standard InChI is InChI=1S/C30H37N3O5S/c1-37-26-11-13-28(14-12-26)39(35,36)33(25-8-5-9-27(21-25)38-2)24-15-19-32(20-16-24)29-10-3-4-17-30(29,34)23-7-6-18-31-22-23/h5-9,11-14,18,21-22,24,29,34H,3-4,10,15-17,19-20H2,1-2H3/t29-,30+/m1/s1. The number of hydrogen-bond donors (Lipinski definition) is 1. The zero-order valence-electron chi connectivity index (χ0n) is 22.6. The van der Waals surface area contributed by atoms with E-state index in [0.29, 0.717) is 49.5 Å². The highest BCUT2D eigenvalue weighted by molar-refractivity contribution is 7.92. The largest absolute Gasteiger partial charge is 0.497 e. The highest BCUT2D eigenvalue weighted by atomic mass is 32.2. The molecule has 0 spiro atoms. The Kier molecular flexibility index (Phi) is 8.11. The van der Waals surface area contributed by atoms with Crippen molar-refractivity contribution in [3.8, 4) is 11.5 Å². The number of methoxy groups -OCH3 is 2. The lowest BCUT2D eigenvalue weighted by atomic mass is 9.75. The van der Waals surface area contributed by atoms with Crippen molar-refractivity contribution in [3.63, 3.8) is 0 Å². The molecule has 8 nitrogen and oxygen atoms in total. The second-order valence-corrected chi connectivity index (χ2v) is 12.2. The average Bonchev–Trinajstić information content (AvgIpc) is 2.98. The maximum Gasteiger partial charge on any atom is 0.264 e. The first-order valence-electron chi connectivity index (χ1n) is 13.6. The van der Waals surface area contributed by atoms with Crippen LogP contribution in [0.25, 0.3) is 0 Å². The van der Waals surface area contributed by atoms with Crippen molar-refractivity contribution < 1.29 is 23.0 Å². The minimum Gasteiger partial charge on any atom is -0.497 e. The molecule has 0 radical (unpaired) electrons. The zero-order valence-corrected chi connectivity index (χ0v) is 23.4. The predicted molar refractivity (Wildman–Crippen MR) is 151 cm³/mol. The average molecular weight is 552 g/mol. The molecule has 3 aromatic rings. The molecule has 2 aliphatic rings. The van der Waals surface area contributed by atoms with E-state index in [1.807, 2.05) is 30.3 Å². The van der Waals surface area contributed by atoms with E-state index in [9.17, 15) is 13.5 Å². The third-order valence-electron chi connectivity index (χ3n) is 8.19. The van der Waals surface area contributed by atoms with Gasteiger partial charge in [-0.25, -0.2) is 8.42 Å². The number of anilines is 1. The molecule has 1 saturated carbocycles. The van der Waals surface area contributed by atoms with Crippen LogP contribution in [0.5, 0.6) is 11.5 Å². The smallest absolute Gasteiger partial charge is 0.264 e. The van der Waals surface area contributed by atoms with Gasteiger partial charge in [0, 0.05) is 49.2 Å². The molecule has 1 aliphatic heterocycles. The summed E-state index contributed by atoms with van der Waals surface area (Å²) in [6.45, 7) is 1.38. The van der Waals surface area contributed by atoms with E-state index in [4.69, 9.17) is 9.47 Å². The number of pyridine rings is 1. The summed E-state index contributed by atoms with van der Waals surface area (Å²) in [5, 5.41) is 11.9. The van der Waals surface area contributed by atoms with Crippen LogP contribution in [0.4, 0.5) is 5.69 Å². The van der Waals surface area contributed by atoms with Gasteiger partial charge in [0.15, 0.2) is 0 Å². The zero-order chi connectivity index (χ0) is 27.5. The molecule has 9 heteroatoms. The molecule has 1 saturated heterocycles. The van der Waals surface area contributed by atoms with E-state index >= 15 is 0 Å². The third kappa shape index (κ3) is 5.48.